The first kappa shape index (κ1) is 17.0. The number of carbonyl (C=O) groups is 1. The Hall–Kier alpha value is -1.36. The molecule has 0 heterocycles. The first-order valence-corrected chi connectivity index (χ1v) is 9.19. The van der Waals surface area contributed by atoms with Crippen LogP contribution in [0, 0.1) is 0 Å². The van der Waals surface area contributed by atoms with Gasteiger partial charge in [0.1, 0.15) is 0 Å². The number of aryl methyl sites for hydroxylation is 2. The summed E-state index contributed by atoms with van der Waals surface area (Å²) in [5.41, 5.74) is 3.99. The summed E-state index contributed by atoms with van der Waals surface area (Å²) >= 11 is 0. The van der Waals surface area contributed by atoms with E-state index >= 15 is 0 Å². The fourth-order valence-corrected chi connectivity index (χ4v) is 3.44. The van der Waals surface area contributed by atoms with E-state index in [4.69, 9.17) is 0 Å². The van der Waals surface area contributed by atoms with Gasteiger partial charge in [-0.1, -0.05) is 18.2 Å². The third-order valence-electron chi connectivity index (χ3n) is 3.87. The molecule has 1 aromatic rings. The van der Waals surface area contributed by atoms with Gasteiger partial charge in [0.05, 0.1) is 0 Å². The van der Waals surface area contributed by atoms with Gasteiger partial charge >= 0.3 is 6.03 Å². The molecule has 2 rings (SSSR count). The van der Waals surface area contributed by atoms with Crippen LogP contribution >= 0.6 is 0 Å². The molecule has 0 saturated carbocycles. The maximum Gasteiger partial charge on any atom is 0.315 e. The highest BCUT2D eigenvalue weighted by Gasteiger charge is 2.18. The molecule has 0 spiro atoms. The molecule has 2 N–H and O–H groups in total. The Bertz CT molecular complexity index is 564. The van der Waals surface area contributed by atoms with Crippen molar-refractivity contribution in [1.82, 2.24) is 10.6 Å². The lowest BCUT2D eigenvalue weighted by atomic mass is 10.1. The highest BCUT2D eigenvalue weighted by atomic mass is 32.2. The smallest absolute Gasteiger partial charge is 0.315 e. The van der Waals surface area contributed by atoms with Gasteiger partial charge in [-0.3, -0.25) is 4.21 Å². The predicted octanol–water partition coefficient (Wildman–Crippen LogP) is 2.52. The van der Waals surface area contributed by atoms with Gasteiger partial charge in [-0.15, -0.1) is 0 Å². The number of hydrogen-bond donors (Lipinski definition) is 2. The summed E-state index contributed by atoms with van der Waals surface area (Å²) in [5, 5.41) is 5.62. The average Bonchev–Trinajstić information content (AvgIpc) is 2.91. The van der Waals surface area contributed by atoms with Crippen molar-refractivity contribution < 1.29 is 9.00 Å². The third kappa shape index (κ3) is 4.83. The lowest BCUT2D eigenvalue weighted by Gasteiger charge is -2.17. The maximum atomic E-state index is 11.9. The van der Waals surface area contributed by atoms with E-state index in [-0.39, 0.29) is 10.8 Å². The van der Waals surface area contributed by atoms with E-state index in [9.17, 15) is 9.00 Å². The second-order valence-corrected chi connectivity index (χ2v) is 9.05. The van der Waals surface area contributed by atoms with Crippen molar-refractivity contribution in [2.45, 2.75) is 51.3 Å². The normalized spacial score (nSPS) is 15.2. The Morgan fingerprint density at radius 2 is 1.91 bits per heavy atom. The van der Waals surface area contributed by atoms with Crippen molar-refractivity contribution in [3.63, 3.8) is 0 Å². The van der Waals surface area contributed by atoms with Gasteiger partial charge in [0.25, 0.3) is 0 Å². The molecule has 0 fully saturated rings. The predicted molar refractivity (Wildman–Crippen MR) is 91.5 cm³/mol. The zero-order valence-electron chi connectivity index (χ0n) is 13.7. The van der Waals surface area contributed by atoms with E-state index < -0.39 is 10.8 Å². The lowest BCUT2D eigenvalue weighted by Crippen LogP contribution is -2.38. The first-order chi connectivity index (χ1) is 10.4. The van der Waals surface area contributed by atoms with Crippen LogP contribution in [0.15, 0.2) is 18.2 Å². The van der Waals surface area contributed by atoms with Crippen LogP contribution < -0.4 is 10.6 Å². The van der Waals surface area contributed by atoms with Gasteiger partial charge < -0.3 is 10.6 Å². The minimum absolute atomic E-state index is 0.202. The van der Waals surface area contributed by atoms with Crippen molar-refractivity contribution in [3.8, 4) is 0 Å². The number of amides is 2. The summed E-state index contributed by atoms with van der Waals surface area (Å²) < 4.78 is 11.6. The standard InChI is InChI=1S/C17H26N2O2S/c1-17(2,3)22(21)10-9-18-16(20)19-12-13-7-8-14-5-4-6-15(14)11-13/h7-8,11H,4-6,9-10,12H2,1-3H3,(H2,18,19,20). The van der Waals surface area contributed by atoms with E-state index in [1.807, 2.05) is 20.8 Å². The molecular formula is C17H26N2O2S. The fraction of sp³-hybridized carbons (Fsp3) is 0.588. The molecule has 1 atom stereocenters. The van der Waals surface area contributed by atoms with Crippen molar-refractivity contribution in [2.75, 3.05) is 12.3 Å². The van der Waals surface area contributed by atoms with Crippen LogP contribution in [-0.2, 0) is 30.2 Å². The quantitative estimate of drug-likeness (QED) is 0.875. The van der Waals surface area contributed by atoms with Crippen LogP contribution in [0.3, 0.4) is 0 Å². The number of hydrogen-bond acceptors (Lipinski definition) is 2. The molecule has 2 amide bonds. The van der Waals surface area contributed by atoms with Crippen molar-refractivity contribution in [2.24, 2.45) is 0 Å². The van der Waals surface area contributed by atoms with E-state index in [0.717, 1.165) is 12.0 Å². The Kier molecular flexibility index (Phi) is 5.62. The Labute approximate surface area is 135 Å². The summed E-state index contributed by atoms with van der Waals surface area (Å²) in [4.78, 5) is 11.8. The molecule has 1 aliphatic carbocycles. The van der Waals surface area contributed by atoms with Gasteiger partial charge in [0, 0.05) is 34.4 Å². The minimum Gasteiger partial charge on any atom is -0.337 e. The molecule has 22 heavy (non-hydrogen) atoms. The van der Waals surface area contributed by atoms with Crippen LogP contribution in [0.25, 0.3) is 0 Å². The van der Waals surface area contributed by atoms with Crippen LogP contribution in [0.4, 0.5) is 4.79 Å². The summed E-state index contributed by atoms with van der Waals surface area (Å²) in [6.45, 7) is 6.78. The van der Waals surface area contributed by atoms with Gasteiger partial charge in [0.2, 0.25) is 0 Å². The Balaban J connectivity index is 1.71. The largest absolute Gasteiger partial charge is 0.337 e. The summed E-state index contributed by atoms with van der Waals surface area (Å²) in [6, 6.07) is 6.24. The topological polar surface area (TPSA) is 58.2 Å². The van der Waals surface area contributed by atoms with Gasteiger partial charge in [0.15, 0.2) is 0 Å². The second-order valence-electron chi connectivity index (χ2n) is 6.73. The van der Waals surface area contributed by atoms with Crippen molar-refractivity contribution in [1.29, 1.82) is 0 Å². The van der Waals surface area contributed by atoms with Crippen LogP contribution in [0.5, 0.6) is 0 Å². The lowest BCUT2D eigenvalue weighted by molar-refractivity contribution is 0.241. The Morgan fingerprint density at radius 3 is 2.64 bits per heavy atom. The molecule has 0 aromatic heterocycles. The Morgan fingerprint density at radius 1 is 1.18 bits per heavy atom. The van der Waals surface area contributed by atoms with Crippen LogP contribution in [-0.4, -0.2) is 27.3 Å². The van der Waals surface area contributed by atoms with E-state index in [1.165, 1.54) is 24.0 Å². The zero-order chi connectivity index (χ0) is 16.2. The second kappa shape index (κ2) is 7.27. The molecule has 1 aromatic carbocycles. The number of rotatable bonds is 5. The highest BCUT2D eigenvalue weighted by molar-refractivity contribution is 7.86. The molecule has 122 valence electrons. The van der Waals surface area contributed by atoms with E-state index in [2.05, 4.69) is 28.8 Å². The fourth-order valence-electron chi connectivity index (χ4n) is 2.54. The molecule has 1 unspecified atom stereocenters. The number of urea groups is 1. The van der Waals surface area contributed by atoms with Crippen molar-refractivity contribution >= 4 is 16.8 Å². The van der Waals surface area contributed by atoms with Crippen molar-refractivity contribution in [3.05, 3.63) is 34.9 Å². The average molecular weight is 322 g/mol. The van der Waals surface area contributed by atoms with Crippen LogP contribution in [0.2, 0.25) is 0 Å². The molecule has 4 nitrogen and oxygen atoms in total. The number of carbonyl (C=O) groups excluding carboxylic acids is 1. The highest BCUT2D eigenvalue weighted by Crippen LogP contribution is 2.22. The maximum absolute atomic E-state index is 11.9. The number of fused-ring (bicyclic) bond motifs is 1. The molecule has 1 aliphatic rings. The number of nitrogens with one attached hydrogen (secondary N) is 2. The van der Waals surface area contributed by atoms with E-state index in [0.29, 0.717) is 18.8 Å². The number of benzene rings is 1. The SMILES string of the molecule is CC(C)(C)S(=O)CCNC(=O)NCc1ccc2c(c1)CCC2. The van der Waals surface area contributed by atoms with Gasteiger partial charge in [-0.2, -0.15) is 0 Å². The molecule has 0 radical (unpaired) electrons. The first-order valence-electron chi connectivity index (χ1n) is 7.87. The molecule has 5 heteroatoms. The van der Waals surface area contributed by atoms with Gasteiger partial charge in [-0.25, -0.2) is 4.79 Å². The third-order valence-corrected chi connectivity index (χ3v) is 5.81. The monoisotopic (exact) mass is 322 g/mol. The molecular weight excluding hydrogens is 296 g/mol. The minimum atomic E-state index is -0.936. The molecule has 0 bridgehead atoms. The van der Waals surface area contributed by atoms with Gasteiger partial charge in [-0.05, 0) is 56.7 Å². The molecule has 0 aliphatic heterocycles. The summed E-state index contributed by atoms with van der Waals surface area (Å²) in [7, 11) is -0.936. The zero-order valence-corrected chi connectivity index (χ0v) is 14.5. The van der Waals surface area contributed by atoms with Crippen LogP contribution in [0.1, 0.15) is 43.9 Å². The summed E-state index contributed by atoms with van der Waals surface area (Å²) in [6.07, 6.45) is 3.56. The van der Waals surface area contributed by atoms with E-state index in [1.54, 1.807) is 0 Å². The molecule has 0 saturated heterocycles. The summed E-state index contributed by atoms with van der Waals surface area (Å²) in [5.74, 6) is 0.482.